The van der Waals surface area contributed by atoms with Crippen LogP contribution in [0.1, 0.15) is 25.0 Å². The molecule has 0 radical (unpaired) electrons. The molecule has 0 aliphatic carbocycles. The van der Waals surface area contributed by atoms with Crippen LogP contribution in [0, 0.1) is 11.3 Å². The van der Waals surface area contributed by atoms with Gasteiger partial charge in [0, 0.05) is 11.6 Å². The topological polar surface area (TPSA) is 53.2 Å². The molecule has 0 aliphatic rings. The molecule has 0 heterocycles. The number of methoxy groups -OCH3 is 1. The number of nitriles is 1. The largest absolute Gasteiger partial charge is 0.504 e. The van der Waals surface area contributed by atoms with Gasteiger partial charge in [0.05, 0.1) is 18.7 Å². The Bertz CT molecular complexity index is 452. The molecule has 3 heteroatoms. The second kappa shape index (κ2) is 5.22. The third-order valence-corrected chi connectivity index (χ3v) is 2.23. The highest BCUT2D eigenvalue weighted by molar-refractivity contribution is 5.52. The third-order valence-electron chi connectivity index (χ3n) is 2.23. The average Bonchev–Trinajstić information content (AvgIpc) is 2.27. The maximum Gasteiger partial charge on any atom is 0.162 e. The molecule has 0 amide bonds. The number of aromatic hydroxyl groups is 1. The summed E-state index contributed by atoms with van der Waals surface area (Å²) in [5.74, 6) is 0.454. The number of nitrogens with zero attached hydrogens (tertiary/aromatic N) is 1. The molecule has 16 heavy (non-hydrogen) atoms. The quantitative estimate of drug-likeness (QED) is 0.792. The van der Waals surface area contributed by atoms with Crippen molar-refractivity contribution in [2.24, 2.45) is 0 Å². The molecule has 0 saturated carbocycles. The molecule has 1 aromatic carbocycles. The van der Waals surface area contributed by atoms with E-state index in [1.165, 1.54) is 18.7 Å². The summed E-state index contributed by atoms with van der Waals surface area (Å²) in [6.45, 7) is 3.98. The van der Waals surface area contributed by atoms with Crippen LogP contribution in [-0.4, -0.2) is 12.2 Å². The Labute approximate surface area is 95.6 Å². The summed E-state index contributed by atoms with van der Waals surface area (Å²) in [6, 6.07) is 5.25. The van der Waals surface area contributed by atoms with Gasteiger partial charge in [0.1, 0.15) is 0 Å². The van der Waals surface area contributed by atoms with Gasteiger partial charge in [0.15, 0.2) is 11.5 Å². The number of rotatable bonds is 3. The maximum absolute atomic E-state index is 9.86. The lowest BCUT2D eigenvalue weighted by molar-refractivity contribution is 0.371. The van der Waals surface area contributed by atoms with E-state index >= 15 is 0 Å². The first-order valence-electron chi connectivity index (χ1n) is 5.01. The molecule has 1 aromatic rings. The first kappa shape index (κ1) is 12.1. The number of hydrogen-bond donors (Lipinski definition) is 1. The first-order chi connectivity index (χ1) is 7.58. The molecule has 0 fully saturated rings. The van der Waals surface area contributed by atoms with Crippen LogP contribution < -0.4 is 4.74 Å². The van der Waals surface area contributed by atoms with E-state index in [4.69, 9.17) is 10.00 Å². The lowest BCUT2D eigenvalue weighted by atomic mass is 10.1. The normalized spacial score (nSPS) is 9.38. The molecule has 0 atom stereocenters. The van der Waals surface area contributed by atoms with Crippen molar-refractivity contribution in [3.8, 4) is 17.6 Å². The standard InChI is InChI=1S/C13H15NO2/c1-9(2)4-5-11-6-10(8-14)7-12(16-3)13(11)15/h4,6-7,15H,5H2,1-3H3. The fourth-order valence-corrected chi connectivity index (χ4v) is 1.36. The van der Waals surface area contributed by atoms with Crippen LogP contribution in [0.2, 0.25) is 0 Å². The molecule has 1 rings (SSSR count). The van der Waals surface area contributed by atoms with Gasteiger partial charge in [-0.1, -0.05) is 11.6 Å². The zero-order chi connectivity index (χ0) is 12.1. The molecule has 0 aromatic heterocycles. The molecule has 0 unspecified atom stereocenters. The van der Waals surface area contributed by atoms with Gasteiger partial charge in [0.25, 0.3) is 0 Å². The second-order valence-electron chi connectivity index (χ2n) is 3.78. The lowest BCUT2D eigenvalue weighted by Crippen LogP contribution is -1.91. The molecule has 1 N–H and O–H groups in total. The molecule has 0 aliphatic heterocycles. The van der Waals surface area contributed by atoms with E-state index in [9.17, 15) is 5.11 Å². The zero-order valence-corrected chi connectivity index (χ0v) is 9.74. The van der Waals surface area contributed by atoms with Crippen LogP contribution in [-0.2, 0) is 6.42 Å². The lowest BCUT2D eigenvalue weighted by Gasteiger charge is -2.08. The van der Waals surface area contributed by atoms with E-state index in [-0.39, 0.29) is 5.75 Å². The summed E-state index contributed by atoms with van der Waals surface area (Å²) >= 11 is 0. The summed E-state index contributed by atoms with van der Waals surface area (Å²) < 4.78 is 5.01. The Balaban J connectivity index is 3.17. The highest BCUT2D eigenvalue weighted by atomic mass is 16.5. The highest BCUT2D eigenvalue weighted by Gasteiger charge is 2.09. The first-order valence-corrected chi connectivity index (χ1v) is 5.01. The molecule has 3 nitrogen and oxygen atoms in total. The van der Waals surface area contributed by atoms with E-state index in [1.807, 2.05) is 26.0 Å². The van der Waals surface area contributed by atoms with Crippen molar-refractivity contribution in [1.82, 2.24) is 0 Å². The summed E-state index contributed by atoms with van der Waals surface area (Å²) in [5, 5.41) is 18.7. The van der Waals surface area contributed by atoms with E-state index in [2.05, 4.69) is 0 Å². The minimum absolute atomic E-state index is 0.110. The van der Waals surface area contributed by atoms with Gasteiger partial charge in [-0.15, -0.1) is 0 Å². The number of hydrogen-bond acceptors (Lipinski definition) is 3. The summed E-state index contributed by atoms with van der Waals surface area (Å²) in [6.07, 6.45) is 2.59. The average molecular weight is 217 g/mol. The van der Waals surface area contributed by atoms with Crippen LogP contribution in [0.5, 0.6) is 11.5 Å². The van der Waals surface area contributed by atoms with Crippen LogP contribution in [0.4, 0.5) is 0 Å². The summed E-state index contributed by atoms with van der Waals surface area (Å²) in [5.41, 5.74) is 2.37. The minimum Gasteiger partial charge on any atom is -0.504 e. The Morgan fingerprint density at radius 3 is 2.69 bits per heavy atom. The molecule has 84 valence electrons. The molecular formula is C13H15NO2. The van der Waals surface area contributed by atoms with Gasteiger partial charge in [-0.05, 0) is 26.3 Å². The Hall–Kier alpha value is -1.95. The number of allylic oxidation sites excluding steroid dienone is 2. The maximum atomic E-state index is 9.86. The predicted molar refractivity (Wildman–Crippen MR) is 62.5 cm³/mol. The van der Waals surface area contributed by atoms with Gasteiger partial charge in [0.2, 0.25) is 0 Å². The SMILES string of the molecule is COc1cc(C#N)cc(CC=C(C)C)c1O. The van der Waals surface area contributed by atoms with Crippen molar-refractivity contribution in [2.75, 3.05) is 7.11 Å². The third kappa shape index (κ3) is 2.77. The van der Waals surface area contributed by atoms with E-state index in [0.717, 1.165) is 0 Å². The van der Waals surface area contributed by atoms with Crippen molar-refractivity contribution in [1.29, 1.82) is 5.26 Å². The van der Waals surface area contributed by atoms with Crippen LogP contribution in [0.3, 0.4) is 0 Å². The van der Waals surface area contributed by atoms with Crippen molar-refractivity contribution in [2.45, 2.75) is 20.3 Å². The molecule has 0 spiro atoms. The smallest absolute Gasteiger partial charge is 0.162 e. The number of ether oxygens (including phenoxy) is 1. The van der Waals surface area contributed by atoms with E-state index in [1.54, 1.807) is 6.07 Å². The zero-order valence-electron chi connectivity index (χ0n) is 9.74. The minimum atomic E-state index is 0.110. The number of benzene rings is 1. The Kier molecular flexibility index (Phi) is 3.96. The molecule has 0 bridgehead atoms. The van der Waals surface area contributed by atoms with Crippen LogP contribution in [0.15, 0.2) is 23.8 Å². The second-order valence-corrected chi connectivity index (χ2v) is 3.78. The summed E-state index contributed by atoms with van der Waals surface area (Å²) in [4.78, 5) is 0. The van der Waals surface area contributed by atoms with Gasteiger partial charge < -0.3 is 9.84 Å². The molecule has 0 saturated heterocycles. The molecular weight excluding hydrogens is 202 g/mol. The van der Waals surface area contributed by atoms with Gasteiger partial charge in [-0.2, -0.15) is 5.26 Å². The van der Waals surface area contributed by atoms with Gasteiger partial charge in [-0.3, -0.25) is 0 Å². The Morgan fingerprint density at radius 2 is 2.19 bits per heavy atom. The van der Waals surface area contributed by atoms with Crippen molar-refractivity contribution in [3.63, 3.8) is 0 Å². The van der Waals surface area contributed by atoms with Crippen LogP contribution in [0.25, 0.3) is 0 Å². The van der Waals surface area contributed by atoms with E-state index in [0.29, 0.717) is 23.3 Å². The monoisotopic (exact) mass is 217 g/mol. The van der Waals surface area contributed by atoms with Gasteiger partial charge >= 0.3 is 0 Å². The Morgan fingerprint density at radius 1 is 1.50 bits per heavy atom. The fraction of sp³-hybridized carbons (Fsp3) is 0.308. The van der Waals surface area contributed by atoms with Crippen molar-refractivity contribution >= 4 is 0 Å². The van der Waals surface area contributed by atoms with Gasteiger partial charge in [-0.25, -0.2) is 0 Å². The van der Waals surface area contributed by atoms with Crippen LogP contribution >= 0.6 is 0 Å². The van der Waals surface area contributed by atoms with Crippen molar-refractivity contribution in [3.05, 3.63) is 34.9 Å². The number of phenolic OH excluding ortho intramolecular Hbond substituents is 1. The highest BCUT2D eigenvalue weighted by Crippen LogP contribution is 2.31. The predicted octanol–water partition coefficient (Wildman–Crippen LogP) is 2.78. The fourth-order valence-electron chi connectivity index (χ4n) is 1.36. The number of phenols is 1. The van der Waals surface area contributed by atoms with Crippen molar-refractivity contribution < 1.29 is 9.84 Å². The van der Waals surface area contributed by atoms with E-state index < -0.39 is 0 Å². The summed E-state index contributed by atoms with van der Waals surface area (Å²) in [7, 11) is 1.47.